The maximum absolute atomic E-state index is 12.2. The van der Waals surface area contributed by atoms with Crippen LogP contribution in [-0.4, -0.2) is 47.2 Å². The molecule has 1 aromatic rings. The molecule has 1 aromatic heterocycles. The van der Waals surface area contributed by atoms with Crippen molar-refractivity contribution in [2.24, 2.45) is 5.92 Å². The monoisotopic (exact) mass is 294 g/mol. The first-order chi connectivity index (χ1) is 9.90. The van der Waals surface area contributed by atoms with Gasteiger partial charge in [0.05, 0.1) is 17.4 Å². The second-order valence-corrected chi connectivity index (χ2v) is 6.47. The molecule has 2 heterocycles. The summed E-state index contributed by atoms with van der Waals surface area (Å²) in [6, 6.07) is 2.07. The van der Waals surface area contributed by atoms with Gasteiger partial charge in [0.25, 0.3) is 5.91 Å². The van der Waals surface area contributed by atoms with Gasteiger partial charge in [-0.3, -0.25) is 4.79 Å². The van der Waals surface area contributed by atoms with Gasteiger partial charge in [-0.1, -0.05) is 13.8 Å². The standard InChI is InChI=1S/C16H26N2O3/c1-12(2)16(3,20)11-17-14-4-7-18(8-5-14)15(19)13-6-9-21-10-13/h6,9-10,12,14,17,20H,4-5,7-8,11H2,1-3H3. The highest BCUT2D eigenvalue weighted by Gasteiger charge is 2.28. The smallest absolute Gasteiger partial charge is 0.257 e. The molecule has 5 nitrogen and oxygen atoms in total. The van der Waals surface area contributed by atoms with Crippen molar-refractivity contribution >= 4 is 5.91 Å². The zero-order chi connectivity index (χ0) is 15.5. The van der Waals surface area contributed by atoms with Crippen LogP contribution in [0.2, 0.25) is 0 Å². The van der Waals surface area contributed by atoms with Gasteiger partial charge in [-0.05, 0) is 31.7 Å². The quantitative estimate of drug-likeness (QED) is 0.870. The fraction of sp³-hybridized carbons (Fsp3) is 0.688. The van der Waals surface area contributed by atoms with E-state index in [4.69, 9.17) is 4.42 Å². The molecule has 0 aromatic carbocycles. The van der Waals surface area contributed by atoms with Gasteiger partial charge in [-0.15, -0.1) is 0 Å². The van der Waals surface area contributed by atoms with Gasteiger partial charge in [-0.25, -0.2) is 0 Å². The third-order valence-electron chi connectivity index (χ3n) is 4.54. The number of carbonyl (C=O) groups excluding carboxylic acids is 1. The van der Waals surface area contributed by atoms with E-state index in [-0.39, 0.29) is 11.8 Å². The number of hydrogen-bond donors (Lipinski definition) is 2. The van der Waals surface area contributed by atoms with Crippen LogP contribution in [0.25, 0.3) is 0 Å². The van der Waals surface area contributed by atoms with Crippen molar-refractivity contribution < 1.29 is 14.3 Å². The van der Waals surface area contributed by atoms with Crippen LogP contribution in [0.3, 0.4) is 0 Å². The molecule has 2 N–H and O–H groups in total. The van der Waals surface area contributed by atoms with Gasteiger partial charge in [0.1, 0.15) is 6.26 Å². The lowest BCUT2D eigenvalue weighted by atomic mass is 9.92. The maximum atomic E-state index is 12.2. The largest absolute Gasteiger partial charge is 0.472 e. The molecule has 118 valence electrons. The van der Waals surface area contributed by atoms with Crippen molar-refractivity contribution in [1.29, 1.82) is 0 Å². The lowest BCUT2D eigenvalue weighted by Gasteiger charge is -2.35. The molecule has 0 spiro atoms. The first-order valence-electron chi connectivity index (χ1n) is 7.67. The van der Waals surface area contributed by atoms with E-state index in [0.29, 0.717) is 18.2 Å². The van der Waals surface area contributed by atoms with Gasteiger partial charge >= 0.3 is 0 Å². The summed E-state index contributed by atoms with van der Waals surface area (Å²) >= 11 is 0. The first-order valence-corrected chi connectivity index (χ1v) is 7.67. The fourth-order valence-electron chi connectivity index (χ4n) is 2.41. The van der Waals surface area contributed by atoms with Crippen LogP contribution in [-0.2, 0) is 0 Å². The van der Waals surface area contributed by atoms with Crippen molar-refractivity contribution in [2.45, 2.75) is 45.3 Å². The van der Waals surface area contributed by atoms with Gasteiger partial charge in [-0.2, -0.15) is 0 Å². The predicted octanol–water partition coefficient (Wildman–Crippen LogP) is 1.88. The van der Waals surface area contributed by atoms with Crippen molar-refractivity contribution in [2.75, 3.05) is 19.6 Å². The van der Waals surface area contributed by atoms with Crippen LogP contribution in [0.15, 0.2) is 23.0 Å². The summed E-state index contributed by atoms with van der Waals surface area (Å²) in [4.78, 5) is 14.0. The Bertz CT molecular complexity index is 446. The second kappa shape index (κ2) is 6.62. The molecule has 21 heavy (non-hydrogen) atoms. The number of likely N-dealkylation sites (tertiary alicyclic amines) is 1. The minimum absolute atomic E-state index is 0.0383. The summed E-state index contributed by atoms with van der Waals surface area (Å²) in [5.74, 6) is 0.254. The van der Waals surface area contributed by atoms with E-state index in [1.165, 1.54) is 12.5 Å². The predicted molar refractivity (Wildman–Crippen MR) is 81.1 cm³/mol. The van der Waals surface area contributed by atoms with E-state index in [1.54, 1.807) is 6.07 Å². The molecule has 5 heteroatoms. The van der Waals surface area contributed by atoms with Crippen LogP contribution in [0.1, 0.15) is 44.0 Å². The second-order valence-electron chi connectivity index (χ2n) is 6.47. The van der Waals surface area contributed by atoms with Gasteiger partial charge in [0.2, 0.25) is 0 Å². The van der Waals surface area contributed by atoms with Gasteiger partial charge < -0.3 is 19.7 Å². The van der Waals surface area contributed by atoms with Crippen LogP contribution in [0, 0.1) is 5.92 Å². The number of piperidine rings is 1. The molecule has 0 radical (unpaired) electrons. The zero-order valence-corrected chi connectivity index (χ0v) is 13.1. The normalized spacial score (nSPS) is 19.8. The Labute approximate surface area is 126 Å². The molecule has 0 aliphatic carbocycles. The van der Waals surface area contributed by atoms with Crippen LogP contribution < -0.4 is 5.32 Å². The topological polar surface area (TPSA) is 65.7 Å². The van der Waals surface area contributed by atoms with E-state index in [2.05, 4.69) is 5.32 Å². The van der Waals surface area contributed by atoms with Crippen LogP contribution in [0.4, 0.5) is 0 Å². The Hall–Kier alpha value is -1.33. The molecular formula is C16H26N2O3. The number of carbonyl (C=O) groups is 1. The maximum Gasteiger partial charge on any atom is 0.257 e. The van der Waals surface area contributed by atoms with Crippen LogP contribution >= 0.6 is 0 Å². The Morgan fingerprint density at radius 1 is 1.52 bits per heavy atom. The summed E-state index contributed by atoms with van der Waals surface area (Å²) in [6.45, 7) is 7.98. The average Bonchev–Trinajstić information content (AvgIpc) is 2.99. The molecule has 1 amide bonds. The lowest BCUT2D eigenvalue weighted by Crippen LogP contribution is -2.50. The molecule has 1 unspecified atom stereocenters. The molecule has 0 bridgehead atoms. The minimum atomic E-state index is -0.691. The third kappa shape index (κ3) is 4.08. The molecule has 2 rings (SSSR count). The minimum Gasteiger partial charge on any atom is -0.472 e. The molecule has 1 atom stereocenters. The van der Waals surface area contributed by atoms with E-state index in [1.807, 2.05) is 25.7 Å². The average molecular weight is 294 g/mol. The van der Waals surface area contributed by atoms with Gasteiger partial charge in [0.15, 0.2) is 0 Å². The van der Waals surface area contributed by atoms with E-state index in [9.17, 15) is 9.90 Å². The number of furan rings is 1. The highest BCUT2D eigenvalue weighted by Crippen LogP contribution is 2.18. The summed E-state index contributed by atoms with van der Waals surface area (Å²) in [5.41, 5.74) is -0.0758. The van der Waals surface area contributed by atoms with Crippen molar-refractivity contribution in [1.82, 2.24) is 10.2 Å². The molecular weight excluding hydrogens is 268 g/mol. The highest BCUT2D eigenvalue weighted by atomic mass is 16.3. The number of amides is 1. The number of hydrogen-bond acceptors (Lipinski definition) is 4. The Morgan fingerprint density at radius 3 is 2.71 bits per heavy atom. The Balaban J connectivity index is 1.77. The highest BCUT2D eigenvalue weighted by molar-refractivity contribution is 5.93. The summed E-state index contributed by atoms with van der Waals surface area (Å²) in [5, 5.41) is 13.7. The Kier molecular flexibility index (Phi) is 5.06. The first kappa shape index (κ1) is 16.0. The SMILES string of the molecule is CC(C)C(C)(O)CNC1CCN(C(=O)c2ccoc2)CC1. The Morgan fingerprint density at radius 2 is 2.19 bits per heavy atom. The fourth-order valence-corrected chi connectivity index (χ4v) is 2.41. The van der Waals surface area contributed by atoms with Crippen LogP contribution in [0.5, 0.6) is 0 Å². The zero-order valence-electron chi connectivity index (χ0n) is 13.1. The number of nitrogens with one attached hydrogen (secondary N) is 1. The van der Waals surface area contributed by atoms with E-state index >= 15 is 0 Å². The molecule has 1 aliphatic rings. The number of aliphatic hydroxyl groups is 1. The van der Waals surface area contributed by atoms with E-state index in [0.717, 1.165) is 25.9 Å². The van der Waals surface area contributed by atoms with Crippen molar-refractivity contribution in [3.8, 4) is 0 Å². The number of nitrogens with zero attached hydrogens (tertiary/aromatic N) is 1. The van der Waals surface area contributed by atoms with E-state index < -0.39 is 5.60 Å². The summed E-state index contributed by atoms with van der Waals surface area (Å²) < 4.78 is 4.96. The molecule has 1 aliphatic heterocycles. The van der Waals surface area contributed by atoms with Gasteiger partial charge in [0, 0.05) is 25.7 Å². The molecule has 1 fully saturated rings. The van der Waals surface area contributed by atoms with Crippen molar-refractivity contribution in [3.05, 3.63) is 24.2 Å². The summed E-state index contributed by atoms with van der Waals surface area (Å²) in [6.07, 6.45) is 4.84. The molecule has 1 saturated heterocycles. The summed E-state index contributed by atoms with van der Waals surface area (Å²) in [7, 11) is 0. The van der Waals surface area contributed by atoms with Crippen molar-refractivity contribution in [3.63, 3.8) is 0 Å². The number of rotatable bonds is 5. The molecule has 0 saturated carbocycles. The lowest BCUT2D eigenvalue weighted by molar-refractivity contribution is 0.00960. The third-order valence-corrected chi connectivity index (χ3v) is 4.54.